The Morgan fingerprint density at radius 2 is 1.74 bits per heavy atom. The number of rotatable bonds is 5. The van der Waals surface area contributed by atoms with Gasteiger partial charge in [-0.05, 0) is 18.2 Å². The summed E-state index contributed by atoms with van der Waals surface area (Å²) in [5, 5.41) is 2.28. The van der Waals surface area contributed by atoms with E-state index in [0.717, 1.165) is 0 Å². The number of hydrogen-bond donors (Lipinski definition) is 1. The van der Waals surface area contributed by atoms with Crippen molar-refractivity contribution in [2.45, 2.75) is 12.6 Å². The number of pyridine rings is 1. The molecule has 0 aliphatic heterocycles. The predicted octanol–water partition coefficient (Wildman–Crippen LogP) is 4.79. The molecule has 0 spiro atoms. The Morgan fingerprint density at radius 1 is 1.11 bits per heavy atom. The van der Waals surface area contributed by atoms with Crippen LogP contribution in [-0.4, -0.2) is 23.5 Å². The van der Waals surface area contributed by atoms with Gasteiger partial charge in [-0.25, -0.2) is 4.98 Å². The number of ether oxygens (including phenoxy) is 1. The van der Waals surface area contributed by atoms with Crippen molar-refractivity contribution in [1.29, 1.82) is 0 Å². The van der Waals surface area contributed by atoms with Gasteiger partial charge in [0, 0.05) is 21.8 Å². The van der Waals surface area contributed by atoms with E-state index in [2.05, 4.69) is 10.3 Å². The highest BCUT2D eigenvalue weighted by molar-refractivity contribution is 6.36. The van der Waals surface area contributed by atoms with Gasteiger partial charge in [-0.1, -0.05) is 40.9 Å². The Morgan fingerprint density at radius 3 is 2.30 bits per heavy atom. The number of benzene rings is 1. The second-order valence-corrected chi connectivity index (χ2v) is 6.36. The van der Waals surface area contributed by atoms with Gasteiger partial charge in [-0.2, -0.15) is 13.2 Å². The summed E-state index contributed by atoms with van der Waals surface area (Å²) < 4.78 is 42.4. The summed E-state index contributed by atoms with van der Waals surface area (Å²) in [6.07, 6.45) is -4.35. The van der Waals surface area contributed by atoms with Crippen molar-refractivity contribution >= 4 is 52.5 Å². The average molecular weight is 442 g/mol. The molecule has 1 heterocycles. The maximum atomic E-state index is 12.5. The molecular formula is C16H10Cl3F3N2O3. The van der Waals surface area contributed by atoms with Crippen molar-refractivity contribution in [3.05, 3.63) is 56.7 Å². The molecule has 0 bridgehead atoms. The zero-order valence-corrected chi connectivity index (χ0v) is 15.5. The smallest absolute Gasteiger partial charge is 0.417 e. The number of anilines is 1. The molecule has 0 aliphatic carbocycles. The Balaban J connectivity index is 1.92. The van der Waals surface area contributed by atoms with Gasteiger partial charge in [-0.15, -0.1) is 0 Å². The first-order chi connectivity index (χ1) is 12.6. The molecule has 1 aromatic carbocycles. The third kappa shape index (κ3) is 5.98. The first-order valence-corrected chi connectivity index (χ1v) is 8.32. The van der Waals surface area contributed by atoms with Crippen LogP contribution in [0.25, 0.3) is 0 Å². The molecule has 0 atom stereocenters. The van der Waals surface area contributed by atoms with Crippen LogP contribution in [-0.2, 0) is 26.9 Å². The average Bonchev–Trinajstić information content (AvgIpc) is 2.57. The quantitative estimate of drug-likeness (QED) is 0.678. The molecule has 5 nitrogen and oxygen atoms in total. The van der Waals surface area contributed by atoms with Crippen LogP contribution in [0.4, 0.5) is 19.0 Å². The Labute approximate surface area is 166 Å². The van der Waals surface area contributed by atoms with E-state index < -0.39 is 35.2 Å². The first-order valence-electron chi connectivity index (χ1n) is 7.19. The summed E-state index contributed by atoms with van der Waals surface area (Å²) in [5.74, 6) is -1.89. The van der Waals surface area contributed by atoms with E-state index in [1.165, 1.54) is 0 Å². The van der Waals surface area contributed by atoms with Crippen molar-refractivity contribution in [3.8, 4) is 0 Å². The maximum absolute atomic E-state index is 12.5. The van der Waals surface area contributed by atoms with E-state index in [1.54, 1.807) is 18.2 Å². The van der Waals surface area contributed by atoms with Gasteiger partial charge in [-0.3, -0.25) is 9.59 Å². The van der Waals surface area contributed by atoms with E-state index in [0.29, 0.717) is 17.8 Å². The number of alkyl halides is 3. The van der Waals surface area contributed by atoms with Crippen molar-refractivity contribution in [3.63, 3.8) is 0 Å². The number of amides is 1. The molecule has 2 rings (SSSR count). The molecule has 0 radical (unpaired) electrons. The SMILES string of the molecule is O=C(COC(=O)Cc1c(Cl)cccc1Cl)Nc1ncc(C(F)(F)F)cc1Cl. The number of carbonyl (C=O) groups is 2. The number of esters is 1. The van der Waals surface area contributed by atoms with E-state index >= 15 is 0 Å². The van der Waals surface area contributed by atoms with Crippen LogP contribution in [0, 0.1) is 0 Å². The van der Waals surface area contributed by atoms with E-state index in [9.17, 15) is 22.8 Å². The monoisotopic (exact) mass is 440 g/mol. The molecule has 1 aromatic heterocycles. The Bertz CT molecular complexity index is 855. The minimum atomic E-state index is -4.62. The van der Waals surface area contributed by atoms with Gasteiger partial charge in [0.1, 0.15) is 0 Å². The first kappa shape index (κ1) is 21.3. The van der Waals surface area contributed by atoms with Crippen LogP contribution in [0.2, 0.25) is 15.1 Å². The number of hydrogen-bond acceptors (Lipinski definition) is 4. The van der Waals surface area contributed by atoms with Crippen molar-refractivity contribution in [2.24, 2.45) is 0 Å². The van der Waals surface area contributed by atoms with Crippen molar-refractivity contribution < 1.29 is 27.5 Å². The van der Waals surface area contributed by atoms with Crippen LogP contribution in [0.1, 0.15) is 11.1 Å². The lowest BCUT2D eigenvalue weighted by atomic mass is 10.1. The highest BCUT2D eigenvalue weighted by atomic mass is 35.5. The summed E-state index contributed by atoms with van der Waals surface area (Å²) >= 11 is 17.5. The zero-order chi connectivity index (χ0) is 20.2. The van der Waals surface area contributed by atoms with Crippen LogP contribution in [0.5, 0.6) is 0 Å². The summed E-state index contributed by atoms with van der Waals surface area (Å²) in [5.41, 5.74) is -0.716. The molecule has 27 heavy (non-hydrogen) atoms. The molecular weight excluding hydrogens is 432 g/mol. The molecule has 2 aromatic rings. The van der Waals surface area contributed by atoms with Gasteiger partial charge in [0.05, 0.1) is 17.0 Å². The van der Waals surface area contributed by atoms with Crippen LogP contribution < -0.4 is 5.32 Å². The Hall–Kier alpha value is -2.03. The molecule has 0 saturated heterocycles. The minimum Gasteiger partial charge on any atom is -0.455 e. The maximum Gasteiger partial charge on any atom is 0.417 e. The van der Waals surface area contributed by atoms with E-state index in [1.807, 2.05) is 0 Å². The topological polar surface area (TPSA) is 68.3 Å². The molecule has 11 heteroatoms. The molecule has 1 N–H and O–H groups in total. The number of nitrogens with zero attached hydrogens (tertiary/aromatic N) is 1. The third-order valence-corrected chi connectivity index (χ3v) is 4.17. The minimum absolute atomic E-state index is 0.259. The summed E-state index contributed by atoms with van der Waals surface area (Å²) in [7, 11) is 0. The van der Waals surface area contributed by atoms with Crippen molar-refractivity contribution in [1.82, 2.24) is 4.98 Å². The van der Waals surface area contributed by atoms with Gasteiger partial charge < -0.3 is 10.1 Å². The van der Waals surface area contributed by atoms with Gasteiger partial charge in [0.15, 0.2) is 12.4 Å². The van der Waals surface area contributed by atoms with E-state index in [4.69, 9.17) is 39.5 Å². The highest BCUT2D eigenvalue weighted by Gasteiger charge is 2.31. The van der Waals surface area contributed by atoms with Gasteiger partial charge >= 0.3 is 12.1 Å². The third-order valence-electron chi connectivity index (χ3n) is 3.17. The van der Waals surface area contributed by atoms with Crippen LogP contribution >= 0.6 is 34.8 Å². The van der Waals surface area contributed by atoms with Gasteiger partial charge in [0.2, 0.25) is 0 Å². The van der Waals surface area contributed by atoms with Crippen molar-refractivity contribution in [2.75, 3.05) is 11.9 Å². The number of carbonyl (C=O) groups excluding carboxylic acids is 2. The molecule has 0 aliphatic rings. The lowest BCUT2D eigenvalue weighted by Crippen LogP contribution is -2.22. The van der Waals surface area contributed by atoms with Crippen LogP contribution in [0.15, 0.2) is 30.5 Å². The number of aromatic nitrogens is 1. The predicted molar refractivity (Wildman–Crippen MR) is 94.0 cm³/mol. The van der Waals surface area contributed by atoms with Crippen LogP contribution in [0.3, 0.4) is 0 Å². The van der Waals surface area contributed by atoms with E-state index in [-0.39, 0.29) is 22.3 Å². The fourth-order valence-corrected chi connectivity index (χ4v) is 2.64. The second kappa shape index (κ2) is 8.77. The molecule has 0 fully saturated rings. The fraction of sp³-hybridized carbons (Fsp3) is 0.188. The van der Waals surface area contributed by atoms with Gasteiger partial charge in [0.25, 0.3) is 5.91 Å². The Kier molecular flexibility index (Phi) is 6.91. The number of halogens is 6. The zero-order valence-electron chi connectivity index (χ0n) is 13.2. The summed E-state index contributed by atoms with van der Waals surface area (Å²) in [4.78, 5) is 27.0. The number of nitrogens with one attached hydrogen (secondary N) is 1. The molecule has 1 amide bonds. The standard InChI is InChI=1S/C16H10Cl3F3N2O3/c17-10-2-1-3-11(18)9(10)5-14(26)27-7-13(25)24-15-12(19)4-8(6-23-15)16(20,21)22/h1-4,6H,5,7H2,(H,23,24,25). The summed E-state index contributed by atoms with van der Waals surface area (Å²) in [6.45, 7) is -0.695. The lowest BCUT2D eigenvalue weighted by molar-refractivity contribution is -0.146. The molecule has 0 saturated carbocycles. The highest BCUT2D eigenvalue weighted by Crippen LogP contribution is 2.32. The lowest BCUT2D eigenvalue weighted by Gasteiger charge is -2.10. The molecule has 0 unspecified atom stereocenters. The molecule has 144 valence electrons. The summed E-state index contributed by atoms with van der Waals surface area (Å²) in [6, 6.07) is 5.31. The fourth-order valence-electron chi connectivity index (χ4n) is 1.90. The largest absolute Gasteiger partial charge is 0.455 e. The second-order valence-electron chi connectivity index (χ2n) is 5.14. The normalized spacial score (nSPS) is 11.2.